The van der Waals surface area contributed by atoms with Gasteiger partial charge in [-0.1, -0.05) is 42.5 Å². The lowest BCUT2D eigenvalue weighted by Crippen LogP contribution is -2.26. The van der Waals surface area contributed by atoms with Crippen LogP contribution >= 0.6 is 0 Å². The number of nitrogens with one attached hydrogen (secondary N) is 1. The van der Waals surface area contributed by atoms with Gasteiger partial charge in [-0.15, -0.1) is 0 Å². The Morgan fingerprint density at radius 1 is 1.10 bits per heavy atom. The number of hydrogen-bond acceptors (Lipinski definition) is 3. The van der Waals surface area contributed by atoms with Crippen LogP contribution in [0.25, 0.3) is 11.1 Å². The van der Waals surface area contributed by atoms with Gasteiger partial charge in [0.25, 0.3) is 5.89 Å². The van der Waals surface area contributed by atoms with Crippen molar-refractivity contribution in [1.82, 2.24) is 10.3 Å². The normalized spacial score (nSPS) is 12.2. The van der Waals surface area contributed by atoms with Crippen molar-refractivity contribution in [2.45, 2.75) is 13.0 Å². The number of aromatic nitrogens is 1. The van der Waals surface area contributed by atoms with Crippen LogP contribution in [0.15, 0.2) is 59.0 Å². The molecule has 0 aliphatic heterocycles. The van der Waals surface area contributed by atoms with Crippen molar-refractivity contribution in [2.75, 3.05) is 0 Å². The van der Waals surface area contributed by atoms with Crippen molar-refractivity contribution in [3.05, 3.63) is 66.1 Å². The molecule has 0 saturated heterocycles. The van der Waals surface area contributed by atoms with Crippen LogP contribution < -0.4 is 5.32 Å². The third-order valence-corrected chi connectivity index (χ3v) is 3.14. The van der Waals surface area contributed by atoms with Gasteiger partial charge in [0.2, 0.25) is 0 Å². The molecule has 100 valence electrons. The van der Waals surface area contributed by atoms with Gasteiger partial charge in [-0.05, 0) is 24.6 Å². The first-order valence-corrected chi connectivity index (χ1v) is 6.45. The van der Waals surface area contributed by atoms with Crippen LogP contribution in [0.5, 0.6) is 0 Å². The fourth-order valence-electron chi connectivity index (χ4n) is 2.05. The molecule has 3 rings (SSSR count). The molecular formula is C16H14N2O2. The quantitative estimate of drug-likeness (QED) is 0.791. The summed E-state index contributed by atoms with van der Waals surface area (Å²) >= 11 is 0. The number of carbonyl (C=O) groups is 1. The second kappa shape index (κ2) is 5.17. The molecule has 0 radical (unpaired) electrons. The zero-order valence-electron chi connectivity index (χ0n) is 11.0. The Kier molecular flexibility index (Phi) is 3.21. The highest BCUT2D eigenvalue weighted by Crippen LogP contribution is 2.16. The van der Waals surface area contributed by atoms with Gasteiger partial charge in [-0.25, -0.2) is 4.98 Å². The van der Waals surface area contributed by atoms with E-state index >= 15 is 0 Å². The van der Waals surface area contributed by atoms with Gasteiger partial charge >= 0.3 is 5.91 Å². The predicted molar refractivity (Wildman–Crippen MR) is 76.3 cm³/mol. The molecule has 0 saturated carbocycles. The minimum Gasteiger partial charge on any atom is -0.432 e. The molecule has 2 aromatic carbocycles. The van der Waals surface area contributed by atoms with Gasteiger partial charge in [0.15, 0.2) is 5.58 Å². The molecule has 1 N–H and O–H groups in total. The summed E-state index contributed by atoms with van der Waals surface area (Å²) in [7, 11) is 0. The molecule has 0 unspecified atom stereocenters. The molecule has 1 amide bonds. The Labute approximate surface area is 116 Å². The van der Waals surface area contributed by atoms with E-state index in [1.54, 1.807) is 6.07 Å². The molecular weight excluding hydrogens is 252 g/mol. The topological polar surface area (TPSA) is 55.1 Å². The Hall–Kier alpha value is -2.62. The average Bonchev–Trinajstić information content (AvgIpc) is 2.92. The monoisotopic (exact) mass is 266 g/mol. The summed E-state index contributed by atoms with van der Waals surface area (Å²) in [4.78, 5) is 16.3. The third kappa shape index (κ3) is 2.40. The van der Waals surface area contributed by atoms with Gasteiger partial charge in [0.05, 0.1) is 6.04 Å². The Balaban J connectivity index is 1.79. The lowest BCUT2D eigenvalue weighted by molar-refractivity contribution is 0.0907. The second-order valence-corrected chi connectivity index (χ2v) is 4.59. The Morgan fingerprint density at radius 3 is 2.55 bits per heavy atom. The molecule has 0 spiro atoms. The van der Waals surface area contributed by atoms with E-state index < -0.39 is 0 Å². The van der Waals surface area contributed by atoms with E-state index in [4.69, 9.17) is 4.42 Å². The van der Waals surface area contributed by atoms with Crippen LogP contribution in [0.2, 0.25) is 0 Å². The first-order valence-electron chi connectivity index (χ1n) is 6.45. The molecule has 0 bridgehead atoms. The van der Waals surface area contributed by atoms with Gasteiger partial charge in [-0.3, -0.25) is 4.79 Å². The number of nitrogens with zero attached hydrogens (tertiary/aromatic N) is 1. The second-order valence-electron chi connectivity index (χ2n) is 4.59. The van der Waals surface area contributed by atoms with Crippen LogP contribution in [0.4, 0.5) is 0 Å². The van der Waals surface area contributed by atoms with E-state index in [-0.39, 0.29) is 17.8 Å². The maximum absolute atomic E-state index is 12.1. The fraction of sp³-hybridized carbons (Fsp3) is 0.125. The zero-order chi connectivity index (χ0) is 13.9. The zero-order valence-corrected chi connectivity index (χ0v) is 11.0. The lowest BCUT2D eigenvalue weighted by Gasteiger charge is -2.12. The van der Waals surface area contributed by atoms with Crippen molar-refractivity contribution in [3.8, 4) is 0 Å². The molecule has 20 heavy (non-hydrogen) atoms. The SMILES string of the molecule is C[C@@H](NC(=O)c1nc2ccccc2o1)c1ccccc1. The van der Waals surface area contributed by atoms with Gasteiger partial charge in [-0.2, -0.15) is 0 Å². The molecule has 3 aromatic rings. The summed E-state index contributed by atoms with van der Waals surface area (Å²) in [6.07, 6.45) is 0. The van der Waals surface area contributed by atoms with Gasteiger partial charge < -0.3 is 9.73 Å². The third-order valence-electron chi connectivity index (χ3n) is 3.14. The predicted octanol–water partition coefficient (Wildman–Crippen LogP) is 3.32. The van der Waals surface area contributed by atoms with Crippen LogP contribution in [0.3, 0.4) is 0 Å². The number of fused-ring (bicyclic) bond motifs is 1. The van der Waals surface area contributed by atoms with Crippen LogP contribution in [-0.2, 0) is 0 Å². The number of oxazole rings is 1. The van der Waals surface area contributed by atoms with Crippen molar-refractivity contribution < 1.29 is 9.21 Å². The van der Waals surface area contributed by atoms with Crippen molar-refractivity contribution >= 4 is 17.0 Å². The molecule has 4 nitrogen and oxygen atoms in total. The number of para-hydroxylation sites is 2. The van der Waals surface area contributed by atoms with E-state index in [1.165, 1.54) is 0 Å². The number of rotatable bonds is 3. The fourth-order valence-corrected chi connectivity index (χ4v) is 2.05. The van der Waals surface area contributed by atoms with Crippen molar-refractivity contribution in [2.24, 2.45) is 0 Å². The first-order chi connectivity index (χ1) is 9.74. The minimum atomic E-state index is -0.308. The largest absolute Gasteiger partial charge is 0.432 e. The number of carbonyl (C=O) groups excluding carboxylic acids is 1. The first kappa shape index (κ1) is 12.4. The van der Waals surface area contributed by atoms with E-state index in [1.807, 2.05) is 55.5 Å². The molecule has 0 aliphatic rings. The summed E-state index contributed by atoms with van der Waals surface area (Å²) < 4.78 is 5.44. The lowest BCUT2D eigenvalue weighted by atomic mass is 10.1. The maximum Gasteiger partial charge on any atom is 0.307 e. The van der Waals surface area contributed by atoms with E-state index in [0.29, 0.717) is 11.1 Å². The highest BCUT2D eigenvalue weighted by Gasteiger charge is 2.16. The summed E-state index contributed by atoms with van der Waals surface area (Å²) in [6, 6.07) is 17.0. The minimum absolute atomic E-state index is 0.0916. The van der Waals surface area contributed by atoms with E-state index in [2.05, 4.69) is 10.3 Å². The van der Waals surface area contributed by atoms with E-state index in [9.17, 15) is 4.79 Å². The number of amides is 1. The molecule has 4 heteroatoms. The Morgan fingerprint density at radius 2 is 1.80 bits per heavy atom. The molecule has 0 fully saturated rings. The number of hydrogen-bond donors (Lipinski definition) is 1. The molecule has 1 aromatic heterocycles. The summed E-state index contributed by atoms with van der Waals surface area (Å²) in [5.74, 6) is -0.216. The summed E-state index contributed by atoms with van der Waals surface area (Å²) in [5.41, 5.74) is 2.34. The molecule has 1 heterocycles. The van der Waals surface area contributed by atoms with Gasteiger partial charge in [0, 0.05) is 0 Å². The van der Waals surface area contributed by atoms with Crippen LogP contribution in [-0.4, -0.2) is 10.9 Å². The highest BCUT2D eigenvalue weighted by molar-refractivity contribution is 5.92. The summed E-state index contributed by atoms with van der Waals surface area (Å²) in [6.45, 7) is 1.93. The van der Waals surface area contributed by atoms with Crippen molar-refractivity contribution in [3.63, 3.8) is 0 Å². The molecule has 1 atom stereocenters. The van der Waals surface area contributed by atoms with Crippen LogP contribution in [0.1, 0.15) is 29.2 Å². The van der Waals surface area contributed by atoms with Crippen molar-refractivity contribution in [1.29, 1.82) is 0 Å². The molecule has 0 aliphatic carbocycles. The maximum atomic E-state index is 12.1. The smallest absolute Gasteiger partial charge is 0.307 e. The van der Waals surface area contributed by atoms with E-state index in [0.717, 1.165) is 5.56 Å². The standard InChI is InChI=1S/C16H14N2O2/c1-11(12-7-3-2-4-8-12)17-15(19)16-18-13-9-5-6-10-14(13)20-16/h2-11H,1H3,(H,17,19)/t11-/m1/s1. The van der Waals surface area contributed by atoms with Gasteiger partial charge in [0.1, 0.15) is 5.52 Å². The number of benzene rings is 2. The highest BCUT2D eigenvalue weighted by atomic mass is 16.4. The van der Waals surface area contributed by atoms with Crippen LogP contribution in [0, 0.1) is 0 Å². The average molecular weight is 266 g/mol. The Bertz CT molecular complexity index is 701. The summed E-state index contributed by atoms with van der Waals surface area (Å²) in [5, 5.41) is 2.88.